The molecule has 0 amide bonds. The van der Waals surface area contributed by atoms with E-state index in [1.807, 2.05) is 19.1 Å². The first-order chi connectivity index (χ1) is 4.34. The first-order valence-electron chi connectivity index (χ1n) is 2.66. The number of aliphatic imine (C=N–C) groups is 1. The van der Waals surface area contributed by atoms with Crippen LogP contribution in [0.4, 0.5) is 0 Å². The number of hydrogen-bond donors (Lipinski definition) is 0. The summed E-state index contributed by atoms with van der Waals surface area (Å²) in [6.07, 6.45) is 4.93. The van der Waals surface area contributed by atoms with Crippen LogP contribution in [0.1, 0.15) is 6.92 Å². The minimum atomic E-state index is 1.00. The summed E-state index contributed by atoms with van der Waals surface area (Å²) in [7, 11) is 0. The molecule has 9 heavy (non-hydrogen) atoms. The molecule has 0 bridgehead atoms. The molecule has 0 aromatic heterocycles. The second-order valence-corrected chi connectivity index (χ2v) is 1.74. The average Bonchev–Trinajstić information content (AvgIpc) is 2.48. The lowest BCUT2D eigenvalue weighted by atomic mass is 10.4. The van der Waals surface area contributed by atoms with E-state index in [-0.39, 0.29) is 0 Å². The van der Waals surface area contributed by atoms with Gasteiger partial charge in [0.15, 0.2) is 0 Å². The van der Waals surface area contributed by atoms with Gasteiger partial charge in [-0.1, -0.05) is 0 Å². The smallest absolute Gasteiger partial charge is 0.0912 e. The topological polar surface area (TPSA) is 36.1 Å². The van der Waals surface area contributed by atoms with Crippen LogP contribution < -0.4 is 0 Å². The van der Waals surface area contributed by atoms with E-state index in [1.54, 1.807) is 6.08 Å². The SMILES string of the molecule is CC1=NC/1=C\C=C\C#N. The second-order valence-electron chi connectivity index (χ2n) is 1.74. The highest BCUT2D eigenvalue weighted by Gasteiger charge is 2.09. The number of nitriles is 1. The summed E-state index contributed by atoms with van der Waals surface area (Å²) < 4.78 is 0. The zero-order chi connectivity index (χ0) is 6.69. The van der Waals surface area contributed by atoms with Gasteiger partial charge in [-0.05, 0) is 19.1 Å². The first kappa shape index (κ1) is 5.77. The van der Waals surface area contributed by atoms with E-state index >= 15 is 0 Å². The molecule has 0 atom stereocenters. The van der Waals surface area contributed by atoms with E-state index in [4.69, 9.17) is 5.26 Å². The highest BCUT2D eigenvalue weighted by atomic mass is 14.9. The van der Waals surface area contributed by atoms with Crippen LogP contribution in [0.15, 0.2) is 28.9 Å². The quantitative estimate of drug-likeness (QED) is 0.480. The fourth-order valence-electron chi connectivity index (χ4n) is 0.493. The van der Waals surface area contributed by atoms with Gasteiger partial charge in [0.2, 0.25) is 0 Å². The third-order valence-electron chi connectivity index (χ3n) is 1.03. The monoisotopic (exact) mass is 118 g/mol. The van der Waals surface area contributed by atoms with Gasteiger partial charge >= 0.3 is 0 Å². The van der Waals surface area contributed by atoms with Crippen molar-refractivity contribution >= 4 is 5.71 Å². The standard InChI is InChI=1S/C7H6N2/c1-6-7(9-6)4-2-3-5-8/h2-4H,1H3/b3-2+,7-4-. The predicted molar refractivity (Wildman–Crippen MR) is 35.9 cm³/mol. The molecule has 2 heteroatoms. The Hall–Kier alpha value is -1.36. The van der Waals surface area contributed by atoms with Gasteiger partial charge in [0.25, 0.3) is 0 Å². The van der Waals surface area contributed by atoms with Crippen LogP contribution in [0.25, 0.3) is 0 Å². The predicted octanol–water partition coefficient (Wildman–Crippen LogP) is 1.42. The molecule has 1 rings (SSSR count). The number of allylic oxidation sites excluding steroid dienone is 4. The summed E-state index contributed by atoms with van der Waals surface area (Å²) in [5.41, 5.74) is 2.07. The van der Waals surface area contributed by atoms with Crippen molar-refractivity contribution in [2.24, 2.45) is 4.99 Å². The molecule has 0 radical (unpaired) electrons. The zero-order valence-corrected chi connectivity index (χ0v) is 5.13. The third kappa shape index (κ3) is 1.54. The Morgan fingerprint density at radius 1 is 1.67 bits per heavy atom. The minimum absolute atomic E-state index is 1.00. The largest absolute Gasteiger partial charge is 0.250 e. The minimum Gasteiger partial charge on any atom is -0.250 e. The molecule has 1 heterocycles. The van der Waals surface area contributed by atoms with E-state index < -0.39 is 0 Å². The first-order valence-corrected chi connectivity index (χ1v) is 2.66. The van der Waals surface area contributed by atoms with E-state index in [9.17, 15) is 0 Å². The van der Waals surface area contributed by atoms with Crippen LogP contribution in [0.5, 0.6) is 0 Å². The lowest BCUT2D eigenvalue weighted by molar-refractivity contribution is 1.53. The van der Waals surface area contributed by atoms with Crippen LogP contribution in [-0.2, 0) is 0 Å². The summed E-state index contributed by atoms with van der Waals surface area (Å²) in [6, 6.07) is 1.89. The van der Waals surface area contributed by atoms with Crippen molar-refractivity contribution in [2.75, 3.05) is 0 Å². The van der Waals surface area contributed by atoms with Crippen molar-refractivity contribution in [1.29, 1.82) is 5.26 Å². The Morgan fingerprint density at radius 2 is 2.33 bits per heavy atom. The molecule has 0 unspecified atom stereocenters. The van der Waals surface area contributed by atoms with Gasteiger partial charge in [-0.25, -0.2) is 4.99 Å². The van der Waals surface area contributed by atoms with Gasteiger partial charge in [0.05, 0.1) is 17.5 Å². The summed E-state index contributed by atoms with van der Waals surface area (Å²) >= 11 is 0. The summed E-state index contributed by atoms with van der Waals surface area (Å²) in [5.74, 6) is 0. The Bertz CT molecular complexity index is 238. The van der Waals surface area contributed by atoms with E-state index in [2.05, 4.69) is 4.99 Å². The maximum Gasteiger partial charge on any atom is 0.0912 e. The Kier molecular flexibility index (Phi) is 1.46. The maximum absolute atomic E-state index is 8.06. The highest BCUT2D eigenvalue weighted by molar-refractivity contribution is 6.10. The average molecular weight is 118 g/mol. The lowest BCUT2D eigenvalue weighted by Gasteiger charge is -1.65. The Labute approximate surface area is 53.8 Å². The summed E-state index contributed by atoms with van der Waals surface area (Å²) in [5, 5.41) is 8.06. The van der Waals surface area contributed by atoms with Gasteiger partial charge in [-0.15, -0.1) is 0 Å². The normalized spacial score (nSPS) is 20.0. The van der Waals surface area contributed by atoms with E-state index in [0.717, 1.165) is 11.4 Å². The third-order valence-corrected chi connectivity index (χ3v) is 1.03. The van der Waals surface area contributed by atoms with Crippen molar-refractivity contribution in [3.63, 3.8) is 0 Å². The summed E-state index contributed by atoms with van der Waals surface area (Å²) in [6.45, 7) is 1.94. The van der Waals surface area contributed by atoms with Gasteiger partial charge in [0.1, 0.15) is 0 Å². The van der Waals surface area contributed by atoms with Gasteiger partial charge in [-0.2, -0.15) is 5.26 Å². The molecule has 0 N–H and O–H groups in total. The van der Waals surface area contributed by atoms with E-state index in [0.29, 0.717) is 0 Å². The van der Waals surface area contributed by atoms with Crippen LogP contribution >= 0.6 is 0 Å². The van der Waals surface area contributed by atoms with Crippen molar-refractivity contribution < 1.29 is 0 Å². The molecular formula is C7H6N2. The van der Waals surface area contributed by atoms with Gasteiger partial charge < -0.3 is 0 Å². The van der Waals surface area contributed by atoms with Gasteiger partial charge in [0, 0.05) is 6.08 Å². The molecule has 1 aliphatic rings. The fourth-order valence-corrected chi connectivity index (χ4v) is 0.493. The lowest BCUT2D eigenvalue weighted by Crippen LogP contribution is -1.62. The van der Waals surface area contributed by atoms with Crippen molar-refractivity contribution in [1.82, 2.24) is 0 Å². The molecule has 44 valence electrons. The highest BCUT2D eigenvalue weighted by Crippen LogP contribution is 2.14. The Morgan fingerprint density at radius 3 is 2.78 bits per heavy atom. The van der Waals surface area contributed by atoms with Crippen LogP contribution in [0.2, 0.25) is 0 Å². The number of hydrogen-bond acceptors (Lipinski definition) is 2. The molecule has 0 aliphatic carbocycles. The second kappa shape index (κ2) is 2.27. The van der Waals surface area contributed by atoms with Crippen LogP contribution in [0, 0.1) is 11.3 Å². The molecule has 0 aromatic rings. The molecule has 2 nitrogen and oxygen atoms in total. The molecule has 0 aromatic carbocycles. The van der Waals surface area contributed by atoms with Crippen molar-refractivity contribution in [2.45, 2.75) is 6.92 Å². The van der Waals surface area contributed by atoms with Gasteiger partial charge in [-0.3, -0.25) is 0 Å². The van der Waals surface area contributed by atoms with E-state index in [1.165, 1.54) is 6.08 Å². The molecule has 0 fully saturated rings. The molecule has 0 saturated carbocycles. The fraction of sp³-hybridized carbons (Fsp3) is 0.143. The molecular weight excluding hydrogens is 112 g/mol. The van der Waals surface area contributed by atoms with Crippen molar-refractivity contribution in [3.8, 4) is 6.07 Å². The molecule has 0 spiro atoms. The van der Waals surface area contributed by atoms with Crippen LogP contribution in [-0.4, -0.2) is 5.71 Å². The number of rotatable bonds is 1. The summed E-state index contributed by atoms with van der Waals surface area (Å²) in [4.78, 5) is 3.94. The molecule has 1 aliphatic heterocycles. The Balaban J connectivity index is 2.39. The maximum atomic E-state index is 8.06. The zero-order valence-electron chi connectivity index (χ0n) is 5.13. The number of nitrogens with zero attached hydrogens (tertiary/aromatic N) is 2. The molecule has 0 saturated heterocycles. The van der Waals surface area contributed by atoms with Crippen LogP contribution in [0.3, 0.4) is 0 Å². The van der Waals surface area contributed by atoms with Crippen molar-refractivity contribution in [3.05, 3.63) is 23.9 Å².